The molecule has 0 aliphatic heterocycles. The smallest absolute Gasteiger partial charge is 0.00680 e. The largest absolute Gasteiger partial charge is 0.123 e. The second-order valence-electron chi connectivity index (χ2n) is 3.56. The molecule has 0 amide bonds. The zero-order valence-electron chi connectivity index (χ0n) is 8.03. The van der Waals surface area contributed by atoms with Gasteiger partial charge in [-0.05, 0) is 50.2 Å². The van der Waals surface area contributed by atoms with Gasteiger partial charge in [-0.15, -0.1) is 12.3 Å². The van der Waals surface area contributed by atoms with E-state index in [0.29, 0.717) is 0 Å². The summed E-state index contributed by atoms with van der Waals surface area (Å²) in [6, 6.07) is 0. The molecule has 0 aromatic rings. The zero-order valence-corrected chi connectivity index (χ0v) is 8.03. The fraction of sp³-hybridized carbons (Fsp3) is 0.583. The fourth-order valence-corrected chi connectivity index (χ4v) is 1.67. The third-order valence-electron chi connectivity index (χ3n) is 2.30. The Kier molecular flexibility index (Phi) is 3.90. The van der Waals surface area contributed by atoms with Gasteiger partial charge in [0, 0.05) is 0 Å². The normalized spacial score (nSPS) is 16.9. The van der Waals surface area contributed by atoms with Crippen LogP contribution in [0.4, 0.5) is 0 Å². The molecule has 1 aliphatic rings. The van der Waals surface area contributed by atoms with Crippen LogP contribution in [0.25, 0.3) is 0 Å². The maximum absolute atomic E-state index is 3.72. The Morgan fingerprint density at radius 2 is 2.08 bits per heavy atom. The van der Waals surface area contributed by atoms with Crippen molar-refractivity contribution in [1.29, 1.82) is 0 Å². The lowest BCUT2D eigenvalue weighted by molar-refractivity contribution is 0.599. The highest BCUT2D eigenvalue weighted by Crippen LogP contribution is 2.22. The summed E-state index contributed by atoms with van der Waals surface area (Å²) in [6.45, 7) is 5.87. The molecular formula is C12H18. The molecule has 0 N–H and O–H groups in total. The molecule has 1 aliphatic carbocycles. The van der Waals surface area contributed by atoms with Gasteiger partial charge < -0.3 is 0 Å². The Labute approximate surface area is 75.7 Å². The van der Waals surface area contributed by atoms with Crippen molar-refractivity contribution in [3.05, 3.63) is 29.5 Å². The van der Waals surface area contributed by atoms with Gasteiger partial charge in [-0.3, -0.25) is 0 Å². The Balaban J connectivity index is 2.62. The topological polar surface area (TPSA) is 0 Å². The molecule has 0 heteroatoms. The van der Waals surface area contributed by atoms with E-state index in [2.05, 4.69) is 19.2 Å². The molecule has 0 radical (unpaired) electrons. The van der Waals surface area contributed by atoms with Crippen LogP contribution < -0.4 is 0 Å². The maximum atomic E-state index is 3.72. The molecule has 1 fully saturated rings. The highest BCUT2D eigenvalue weighted by atomic mass is 14.1. The molecule has 0 nitrogen and oxygen atoms in total. The molecular weight excluding hydrogens is 144 g/mol. The van der Waals surface area contributed by atoms with E-state index in [-0.39, 0.29) is 0 Å². The quantitative estimate of drug-likeness (QED) is 0.425. The van der Waals surface area contributed by atoms with Crippen LogP contribution >= 0.6 is 0 Å². The van der Waals surface area contributed by atoms with Crippen molar-refractivity contribution in [3.8, 4) is 0 Å². The van der Waals surface area contributed by atoms with Crippen LogP contribution in [0.3, 0.4) is 0 Å². The van der Waals surface area contributed by atoms with Gasteiger partial charge in [0.25, 0.3) is 0 Å². The van der Waals surface area contributed by atoms with Crippen molar-refractivity contribution in [3.63, 3.8) is 0 Å². The monoisotopic (exact) mass is 162 g/mol. The minimum atomic E-state index is 0.990. The number of hydrogen-bond acceptors (Lipinski definition) is 0. The highest BCUT2D eigenvalue weighted by Gasteiger charge is 2.03. The van der Waals surface area contributed by atoms with Gasteiger partial charge in [0.15, 0.2) is 0 Å². The van der Waals surface area contributed by atoms with Crippen molar-refractivity contribution in [2.24, 2.45) is 0 Å². The Bertz CT molecular complexity index is 206. The molecule has 0 aromatic carbocycles. The third kappa shape index (κ3) is 3.11. The van der Waals surface area contributed by atoms with E-state index in [1.807, 2.05) is 6.08 Å². The van der Waals surface area contributed by atoms with Crippen LogP contribution in [0, 0.1) is 0 Å². The van der Waals surface area contributed by atoms with E-state index in [9.17, 15) is 0 Å². The summed E-state index contributed by atoms with van der Waals surface area (Å²) in [5, 5.41) is 0. The minimum absolute atomic E-state index is 0.990. The molecule has 66 valence electrons. The van der Waals surface area contributed by atoms with E-state index >= 15 is 0 Å². The fourth-order valence-electron chi connectivity index (χ4n) is 1.67. The van der Waals surface area contributed by atoms with Crippen molar-refractivity contribution >= 4 is 0 Å². The van der Waals surface area contributed by atoms with E-state index in [1.165, 1.54) is 43.3 Å². The Morgan fingerprint density at radius 1 is 1.42 bits per heavy atom. The first kappa shape index (κ1) is 9.35. The van der Waals surface area contributed by atoms with Gasteiger partial charge in [-0.2, -0.15) is 0 Å². The zero-order chi connectivity index (χ0) is 8.81. The second-order valence-corrected chi connectivity index (χ2v) is 3.56. The first-order valence-electron chi connectivity index (χ1n) is 4.88. The van der Waals surface area contributed by atoms with Crippen molar-refractivity contribution in [1.82, 2.24) is 0 Å². The number of allylic oxidation sites excluding steroid dienone is 2. The summed E-state index contributed by atoms with van der Waals surface area (Å²) >= 11 is 0. The molecule has 0 atom stereocenters. The van der Waals surface area contributed by atoms with E-state index in [0.717, 1.165) is 6.42 Å². The molecule has 0 heterocycles. The first-order chi connectivity index (χ1) is 5.83. The highest BCUT2D eigenvalue weighted by molar-refractivity contribution is 5.11. The van der Waals surface area contributed by atoms with Crippen LogP contribution in [0.15, 0.2) is 29.5 Å². The molecule has 0 saturated heterocycles. The summed E-state index contributed by atoms with van der Waals surface area (Å²) in [5.41, 5.74) is 6.35. The van der Waals surface area contributed by atoms with Crippen LogP contribution in [0.5, 0.6) is 0 Å². The van der Waals surface area contributed by atoms with Crippen molar-refractivity contribution in [2.75, 3.05) is 0 Å². The molecule has 0 bridgehead atoms. The maximum Gasteiger partial charge on any atom is -0.00680 e. The minimum Gasteiger partial charge on any atom is -0.123 e. The average molecular weight is 162 g/mol. The molecule has 0 unspecified atom stereocenters. The molecule has 12 heavy (non-hydrogen) atoms. The van der Waals surface area contributed by atoms with Crippen molar-refractivity contribution < 1.29 is 0 Å². The number of rotatable bonds is 2. The molecule has 0 spiro atoms. The van der Waals surface area contributed by atoms with Crippen LogP contribution in [0.1, 0.15) is 45.4 Å². The summed E-state index contributed by atoms with van der Waals surface area (Å²) in [5.74, 6) is 0. The first-order valence-corrected chi connectivity index (χ1v) is 4.88. The Hall–Kier alpha value is -0.740. The summed E-state index contributed by atoms with van der Waals surface area (Å²) in [6.07, 6.45) is 9.62. The summed E-state index contributed by atoms with van der Waals surface area (Å²) < 4.78 is 0. The lowest BCUT2D eigenvalue weighted by Gasteiger charge is -2.10. The predicted molar refractivity (Wildman–Crippen MR) is 54.1 cm³/mol. The van der Waals surface area contributed by atoms with Gasteiger partial charge >= 0.3 is 0 Å². The average Bonchev–Trinajstić information content (AvgIpc) is 2.06. The summed E-state index contributed by atoms with van der Waals surface area (Å²) in [7, 11) is 0. The van der Waals surface area contributed by atoms with Gasteiger partial charge in [-0.1, -0.05) is 12.5 Å². The lowest BCUT2D eigenvalue weighted by atomic mass is 9.95. The number of hydrogen-bond donors (Lipinski definition) is 0. The van der Waals surface area contributed by atoms with Crippen LogP contribution in [-0.4, -0.2) is 0 Å². The van der Waals surface area contributed by atoms with Gasteiger partial charge in [0.05, 0.1) is 0 Å². The SMILES string of the molecule is C=CCC(C)=C=C1CCCCC1. The lowest BCUT2D eigenvalue weighted by Crippen LogP contribution is -1.92. The van der Waals surface area contributed by atoms with Crippen LogP contribution in [0.2, 0.25) is 0 Å². The van der Waals surface area contributed by atoms with Crippen LogP contribution in [-0.2, 0) is 0 Å². The third-order valence-corrected chi connectivity index (χ3v) is 2.30. The van der Waals surface area contributed by atoms with E-state index in [4.69, 9.17) is 0 Å². The molecule has 1 saturated carbocycles. The van der Waals surface area contributed by atoms with Gasteiger partial charge in [0.1, 0.15) is 0 Å². The predicted octanol–water partition coefficient (Wildman–Crippen LogP) is 4.00. The van der Waals surface area contributed by atoms with E-state index in [1.54, 1.807) is 0 Å². The second kappa shape index (κ2) is 5.00. The Morgan fingerprint density at radius 3 is 2.67 bits per heavy atom. The summed E-state index contributed by atoms with van der Waals surface area (Å²) in [4.78, 5) is 0. The van der Waals surface area contributed by atoms with Crippen molar-refractivity contribution in [2.45, 2.75) is 45.4 Å². The van der Waals surface area contributed by atoms with Gasteiger partial charge in [-0.25, -0.2) is 0 Å². The molecule has 0 aromatic heterocycles. The molecule has 1 rings (SSSR count). The standard InChI is InChI=1S/C12H18/c1-3-7-11(2)10-12-8-5-4-6-9-12/h3H,1,4-9H2,2H3. The van der Waals surface area contributed by atoms with Gasteiger partial charge in [0.2, 0.25) is 0 Å². The van der Waals surface area contributed by atoms with E-state index < -0.39 is 0 Å².